The zero-order valence-electron chi connectivity index (χ0n) is 7.87. The lowest BCUT2D eigenvalue weighted by atomic mass is 10.2. The average Bonchev–Trinajstić information content (AvgIpc) is 2.30. The highest BCUT2D eigenvalue weighted by Crippen LogP contribution is 2.49. The highest BCUT2D eigenvalue weighted by atomic mass is 31.2. The Morgan fingerprint density at radius 1 is 1.69 bits per heavy atom. The third-order valence-corrected chi connectivity index (χ3v) is 3.99. The summed E-state index contributed by atoms with van der Waals surface area (Å²) in [6, 6.07) is 0. The maximum atomic E-state index is 11.7. The van der Waals surface area contributed by atoms with Crippen LogP contribution in [-0.4, -0.2) is 18.7 Å². The van der Waals surface area contributed by atoms with Crippen molar-refractivity contribution in [3.8, 4) is 0 Å². The van der Waals surface area contributed by atoms with Gasteiger partial charge in [-0.3, -0.25) is 14.4 Å². The summed E-state index contributed by atoms with van der Waals surface area (Å²) in [5.74, 6) is -0.145. The average molecular weight is 203 g/mol. The molecule has 1 N–H and O–H groups in total. The largest absolute Gasteiger partial charge is 0.313 e. The molecule has 1 fully saturated rings. The topological polar surface area (TPSA) is 55.4 Å². The van der Waals surface area contributed by atoms with Crippen molar-refractivity contribution < 1.29 is 13.9 Å². The minimum atomic E-state index is -2.90. The third kappa shape index (κ3) is 2.68. The molecule has 1 heterocycles. The second-order valence-electron chi connectivity index (χ2n) is 3.48. The summed E-state index contributed by atoms with van der Waals surface area (Å²) in [6.07, 6.45) is 0.423. The molecule has 1 rings (SSSR count). The number of rotatable bonds is 2. The van der Waals surface area contributed by atoms with Crippen molar-refractivity contribution in [1.82, 2.24) is 5.09 Å². The first-order valence-electron chi connectivity index (χ1n) is 4.15. The predicted octanol–water partition coefficient (Wildman–Crippen LogP) is 1.54. The zero-order valence-corrected chi connectivity index (χ0v) is 8.77. The van der Waals surface area contributed by atoms with Gasteiger partial charge in [-0.05, 0) is 12.8 Å². The lowest BCUT2D eigenvalue weighted by Gasteiger charge is -2.11. The van der Waals surface area contributed by atoms with Crippen LogP contribution in [-0.2, 0) is 13.9 Å². The molecule has 0 aromatic rings. The summed E-state index contributed by atoms with van der Waals surface area (Å²) in [7, 11) is -2.90. The first-order valence-corrected chi connectivity index (χ1v) is 5.96. The van der Waals surface area contributed by atoms with Gasteiger partial charge in [0.2, 0.25) is 0 Å². The van der Waals surface area contributed by atoms with Crippen LogP contribution in [0.1, 0.15) is 13.8 Å². The lowest BCUT2D eigenvalue weighted by molar-refractivity contribution is -0.115. The van der Waals surface area contributed by atoms with Crippen molar-refractivity contribution in [1.29, 1.82) is 0 Å². The molecule has 74 valence electrons. The molecule has 0 bridgehead atoms. The van der Waals surface area contributed by atoms with E-state index in [0.29, 0.717) is 18.3 Å². The molecule has 0 aromatic heterocycles. The molecular formula is C8H14NO3P. The zero-order chi connectivity index (χ0) is 10.1. The van der Waals surface area contributed by atoms with Crippen LogP contribution in [0.3, 0.4) is 0 Å². The van der Waals surface area contributed by atoms with Crippen LogP contribution in [0.4, 0.5) is 0 Å². The van der Waals surface area contributed by atoms with Gasteiger partial charge in [0, 0.05) is 11.7 Å². The van der Waals surface area contributed by atoms with Crippen molar-refractivity contribution in [2.75, 3.05) is 12.8 Å². The summed E-state index contributed by atoms with van der Waals surface area (Å²) >= 11 is 0. The van der Waals surface area contributed by atoms with Crippen LogP contribution in [0.15, 0.2) is 12.2 Å². The van der Waals surface area contributed by atoms with E-state index in [0.717, 1.165) is 0 Å². The molecule has 1 aliphatic rings. The standard InChI is InChI=1S/C8H14NO3P/c1-6(2)8(10)9-13(11)5-7(3)4-12-13/h7H,1,4-5H2,2-3H3,(H,9,10,11). The Morgan fingerprint density at radius 3 is 2.69 bits per heavy atom. The monoisotopic (exact) mass is 203 g/mol. The van der Waals surface area contributed by atoms with Crippen LogP contribution in [0, 0.1) is 5.92 Å². The van der Waals surface area contributed by atoms with Crippen LogP contribution >= 0.6 is 7.52 Å². The van der Waals surface area contributed by atoms with E-state index in [9.17, 15) is 9.36 Å². The first kappa shape index (κ1) is 10.5. The quantitative estimate of drug-likeness (QED) is 0.547. The van der Waals surface area contributed by atoms with Gasteiger partial charge in [-0.1, -0.05) is 13.5 Å². The smallest absolute Gasteiger partial charge is 0.296 e. The van der Waals surface area contributed by atoms with E-state index in [1.807, 2.05) is 6.92 Å². The van der Waals surface area contributed by atoms with Gasteiger partial charge in [0.05, 0.1) is 6.61 Å². The summed E-state index contributed by atoms with van der Waals surface area (Å²) in [4.78, 5) is 11.1. The Hall–Kier alpha value is -0.600. The minimum absolute atomic E-state index is 0.247. The Balaban J connectivity index is 2.59. The molecule has 2 atom stereocenters. The molecule has 1 saturated heterocycles. The van der Waals surface area contributed by atoms with Gasteiger partial charge < -0.3 is 4.52 Å². The van der Waals surface area contributed by atoms with E-state index in [4.69, 9.17) is 4.52 Å². The maximum Gasteiger partial charge on any atom is 0.296 e. The van der Waals surface area contributed by atoms with Crippen molar-refractivity contribution in [3.05, 3.63) is 12.2 Å². The van der Waals surface area contributed by atoms with Gasteiger partial charge in [0.15, 0.2) is 0 Å². The molecule has 1 aliphatic heterocycles. The van der Waals surface area contributed by atoms with E-state index < -0.39 is 13.4 Å². The molecule has 0 aromatic carbocycles. The van der Waals surface area contributed by atoms with Gasteiger partial charge in [-0.15, -0.1) is 0 Å². The van der Waals surface area contributed by atoms with Crippen molar-refractivity contribution in [2.45, 2.75) is 13.8 Å². The van der Waals surface area contributed by atoms with E-state index in [-0.39, 0.29) is 5.92 Å². The van der Waals surface area contributed by atoms with Gasteiger partial charge in [0.1, 0.15) is 0 Å². The highest BCUT2D eigenvalue weighted by Gasteiger charge is 2.34. The summed E-state index contributed by atoms with van der Waals surface area (Å²) in [5.41, 5.74) is 0.346. The highest BCUT2D eigenvalue weighted by molar-refractivity contribution is 7.57. The molecule has 2 unspecified atom stereocenters. The van der Waals surface area contributed by atoms with Gasteiger partial charge in [-0.25, -0.2) is 0 Å². The van der Waals surface area contributed by atoms with Crippen LogP contribution in [0.2, 0.25) is 0 Å². The number of amides is 1. The number of carbonyl (C=O) groups is 1. The van der Waals surface area contributed by atoms with Crippen molar-refractivity contribution >= 4 is 13.4 Å². The van der Waals surface area contributed by atoms with Crippen molar-refractivity contribution in [3.63, 3.8) is 0 Å². The number of hydrogen-bond donors (Lipinski definition) is 1. The molecule has 5 heteroatoms. The summed E-state index contributed by atoms with van der Waals surface area (Å²) in [6.45, 7) is 7.42. The molecule has 0 aliphatic carbocycles. The Kier molecular flexibility index (Phi) is 2.94. The SMILES string of the molecule is C=C(C)C(=O)NP1(=O)CC(C)CO1. The Morgan fingerprint density at radius 2 is 2.31 bits per heavy atom. The normalized spacial score (nSPS) is 32.9. The molecule has 4 nitrogen and oxygen atoms in total. The van der Waals surface area contributed by atoms with Crippen LogP contribution in [0.5, 0.6) is 0 Å². The summed E-state index contributed by atoms with van der Waals surface area (Å²) in [5, 5.41) is 2.38. The maximum absolute atomic E-state index is 11.7. The van der Waals surface area contributed by atoms with Crippen LogP contribution < -0.4 is 5.09 Å². The molecule has 0 radical (unpaired) electrons. The molecule has 0 saturated carbocycles. The van der Waals surface area contributed by atoms with Crippen molar-refractivity contribution in [2.24, 2.45) is 5.92 Å². The van der Waals surface area contributed by atoms with Gasteiger partial charge >= 0.3 is 0 Å². The fourth-order valence-corrected chi connectivity index (χ4v) is 3.27. The van der Waals surface area contributed by atoms with Gasteiger partial charge in [-0.2, -0.15) is 0 Å². The second kappa shape index (κ2) is 3.64. The first-order chi connectivity index (χ1) is 5.93. The molecule has 13 heavy (non-hydrogen) atoms. The Labute approximate surface area is 77.9 Å². The second-order valence-corrected chi connectivity index (χ2v) is 5.67. The molecule has 1 amide bonds. The Bertz CT molecular complexity index is 287. The van der Waals surface area contributed by atoms with Crippen LogP contribution in [0.25, 0.3) is 0 Å². The molecular weight excluding hydrogens is 189 g/mol. The fraction of sp³-hybridized carbons (Fsp3) is 0.625. The van der Waals surface area contributed by atoms with E-state index in [1.54, 1.807) is 6.92 Å². The predicted molar refractivity (Wildman–Crippen MR) is 50.5 cm³/mol. The fourth-order valence-electron chi connectivity index (χ4n) is 1.09. The minimum Gasteiger partial charge on any atom is -0.313 e. The molecule has 0 spiro atoms. The van der Waals surface area contributed by atoms with E-state index in [1.165, 1.54) is 0 Å². The number of nitrogens with one attached hydrogen (secondary N) is 1. The third-order valence-electron chi connectivity index (χ3n) is 1.78. The number of carbonyl (C=O) groups excluding carboxylic acids is 1. The number of hydrogen-bond acceptors (Lipinski definition) is 3. The lowest BCUT2D eigenvalue weighted by Crippen LogP contribution is -2.21. The van der Waals surface area contributed by atoms with Gasteiger partial charge in [0.25, 0.3) is 13.4 Å². The van der Waals surface area contributed by atoms with E-state index in [2.05, 4.69) is 11.7 Å². The summed E-state index contributed by atoms with van der Waals surface area (Å²) < 4.78 is 16.8. The van der Waals surface area contributed by atoms with E-state index >= 15 is 0 Å².